The Hall–Kier alpha value is -0.830. The average molecular weight is 323 g/mol. The molecule has 0 radical (unpaired) electrons. The molecule has 18 heavy (non-hydrogen) atoms. The van der Waals surface area contributed by atoms with Crippen molar-refractivity contribution < 1.29 is 0 Å². The summed E-state index contributed by atoms with van der Waals surface area (Å²) in [6.07, 6.45) is 2.11. The van der Waals surface area contributed by atoms with Crippen LogP contribution in [0.5, 0.6) is 0 Å². The van der Waals surface area contributed by atoms with E-state index in [-0.39, 0.29) is 6.04 Å². The Balaban J connectivity index is 2.14. The molecule has 1 atom stereocenters. The lowest BCUT2D eigenvalue weighted by atomic mass is 10.00. The Bertz CT molecular complexity index is 589. The van der Waals surface area contributed by atoms with E-state index in [9.17, 15) is 0 Å². The van der Waals surface area contributed by atoms with Crippen LogP contribution in [0.1, 0.15) is 23.6 Å². The van der Waals surface area contributed by atoms with E-state index in [1.54, 1.807) is 0 Å². The molecule has 0 amide bonds. The zero-order valence-corrected chi connectivity index (χ0v) is 12.1. The van der Waals surface area contributed by atoms with Crippen molar-refractivity contribution in [3.05, 3.63) is 57.0 Å². The van der Waals surface area contributed by atoms with Gasteiger partial charge < -0.3 is 5.73 Å². The number of fused-ring (bicyclic) bond motifs is 1. The van der Waals surface area contributed by atoms with E-state index < -0.39 is 0 Å². The molecular weight excluding hydrogens is 310 g/mol. The van der Waals surface area contributed by atoms with Gasteiger partial charge in [-0.05, 0) is 41.7 Å². The highest BCUT2D eigenvalue weighted by atomic mass is 79.9. The van der Waals surface area contributed by atoms with Gasteiger partial charge >= 0.3 is 0 Å². The first-order chi connectivity index (χ1) is 8.66. The van der Waals surface area contributed by atoms with Crippen LogP contribution in [0.3, 0.4) is 0 Å². The van der Waals surface area contributed by atoms with Crippen LogP contribution in [0, 0.1) is 0 Å². The van der Waals surface area contributed by atoms with Crippen LogP contribution >= 0.6 is 27.5 Å². The first-order valence-electron chi connectivity index (χ1n) is 5.99. The van der Waals surface area contributed by atoms with E-state index >= 15 is 0 Å². The summed E-state index contributed by atoms with van der Waals surface area (Å²) in [6.45, 7) is 0. The highest BCUT2D eigenvalue weighted by Gasteiger charge is 2.19. The van der Waals surface area contributed by atoms with Crippen molar-refractivity contribution in [1.82, 2.24) is 0 Å². The summed E-state index contributed by atoms with van der Waals surface area (Å²) in [7, 11) is 0. The first kappa shape index (κ1) is 12.2. The van der Waals surface area contributed by atoms with Crippen molar-refractivity contribution in [1.29, 1.82) is 0 Å². The normalized spacial score (nSPS) is 17.8. The van der Waals surface area contributed by atoms with Crippen molar-refractivity contribution in [2.24, 2.45) is 5.73 Å². The second kappa shape index (κ2) is 4.69. The minimum absolute atomic E-state index is 0.198. The molecule has 1 nitrogen and oxygen atoms in total. The lowest BCUT2D eigenvalue weighted by Gasteiger charge is -2.10. The van der Waals surface area contributed by atoms with Crippen molar-refractivity contribution in [2.45, 2.75) is 18.9 Å². The second-order valence-corrected chi connectivity index (χ2v) is 5.92. The molecular formula is C15H13BrClN. The van der Waals surface area contributed by atoms with E-state index in [1.165, 1.54) is 11.1 Å². The lowest BCUT2D eigenvalue weighted by Crippen LogP contribution is -2.04. The van der Waals surface area contributed by atoms with Gasteiger partial charge in [0.25, 0.3) is 0 Å². The number of rotatable bonds is 1. The number of nitrogens with two attached hydrogens (primary N) is 1. The maximum absolute atomic E-state index is 6.29. The molecule has 0 spiro atoms. The molecule has 0 heterocycles. The second-order valence-electron chi connectivity index (χ2n) is 4.66. The predicted octanol–water partition coefficient (Wildman–Crippen LogP) is 4.72. The van der Waals surface area contributed by atoms with E-state index in [4.69, 9.17) is 17.3 Å². The number of aryl methyl sites for hydroxylation is 1. The van der Waals surface area contributed by atoms with Crippen LogP contribution in [0.4, 0.5) is 0 Å². The summed E-state index contributed by atoms with van der Waals surface area (Å²) < 4.78 is 1.03. The zero-order chi connectivity index (χ0) is 12.7. The Morgan fingerprint density at radius 1 is 1.22 bits per heavy atom. The van der Waals surface area contributed by atoms with Gasteiger partial charge in [0.15, 0.2) is 0 Å². The number of benzene rings is 2. The van der Waals surface area contributed by atoms with Gasteiger partial charge in [-0.15, -0.1) is 0 Å². The Morgan fingerprint density at radius 2 is 2.06 bits per heavy atom. The SMILES string of the molecule is NC1CCc2cc(-c3c(Cl)cccc3Br)ccc21. The van der Waals surface area contributed by atoms with Crippen molar-refractivity contribution >= 4 is 27.5 Å². The highest BCUT2D eigenvalue weighted by molar-refractivity contribution is 9.10. The third kappa shape index (κ3) is 1.99. The Labute approximate surface area is 120 Å². The fraction of sp³-hybridized carbons (Fsp3) is 0.200. The van der Waals surface area contributed by atoms with Gasteiger partial charge in [0, 0.05) is 21.1 Å². The number of hydrogen-bond donors (Lipinski definition) is 1. The number of halogens is 2. The smallest absolute Gasteiger partial charge is 0.0495 e. The molecule has 2 aromatic rings. The molecule has 0 bridgehead atoms. The van der Waals surface area contributed by atoms with Crippen LogP contribution < -0.4 is 5.73 Å². The summed E-state index contributed by atoms with van der Waals surface area (Å²) in [5, 5.41) is 0.770. The molecule has 0 aromatic heterocycles. The van der Waals surface area contributed by atoms with Crippen molar-refractivity contribution in [3.63, 3.8) is 0 Å². The molecule has 0 fully saturated rings. The number of hydrogen-bond acceptors (Lipinski definition) is 1. The predicted molar refractivity (Wildman–Crippen MR) is 79.8 cm³/mol. The minimum atomic E-state index is 0.198. The maximum Gasteiger partial charge on any atom is 0.0495 e. The van der Waals surface area contributed by atoms with Crippen LogP contribution in [-0.4, -0.2) is 0 Å². The molecule has 0 saturated carbocycles. The third-order valence-corrected chi connectivity index (χ3v) is 4.49. The zero-order valence-electron chi connectivity index (χ0n) is 9.79. The monoisotopic (exact) mass is 321 g/mol. The molecule has 1 aliphatic rings. The lowest BCUT2D eigenvalue weighted by molar-refractivity contribution is 0.713. The van der Waals surface area contributed by atoms with Crippen LogP contribution in [-0.2, 0) is 6.42 Å². The van der Waals surface area contributed by atoms with Gasteiger partial charge in [-0.3, -0.25) is 0 Å². The van der Waals surface area contributed by atoms with Gasteiger partial charge in [0.05, 0.1) is 0 Å². The summed E-state index contributed by atoms with van der Waals surface area (Å²) in [4.78, 5) is 0. The van der Waals surface area contributed by atoms with Crippen LogP contribution in [0.2, 0.25) is 5.02 Å². The molecule has 1 unspecified atom stereocenters. The van der Waals surface area contributed by atoms with Crippen molar-refractivity contribution in [3.8, 4) is 11.1 Å². The third-order valence-electron chi connectivity index (χ3n) is 3.52. The summed E-state index contributed by atoms with van der Waals surface area (Å²) in [5.74, 6) is 0. The van der Waals surface area contributed by atoms with Crippen molar-refractivity contribution in [2.75, 3.05) is 0 Å². The molecule has 3 rings (SSSR count). The van der Waals surface area contributed by atoms with Gasteiger partial charge in [-0.2, -0.15) is 0 Å². The average Bonchev–Trinajstić information content (AvgIpc) is 2.71. The van der Waals surface area contributed by atoms with Gasteiger partial charge in [-0.1, -0.05) is 51.8 Å². The minimum Gasteiger partial charge on any atom is -0.324 e. The molecule has 0 aliphatic heterocycles. The first-order valence-corrected chi connectivity index (χ1v) is 7.16. The maximum atomic E-state index is 6.29. The summed E-state index contributed by atoms with van der Waals surface area (Å²) >= 11 is 9.86. The van der Waals surface area contributed by atoms with Gasteiger partial charge in [-0.25, -0.2) is 0 Å². The molecule has 2 N–H and O–H groups in total. The summed E-state index contributed by atoms with van der Waals surface area (Å²) in [6, 6.07) is 12.5. The fourth-order valence-corrected chi connectivity index (χ4v) is 3.57. The quantitative estimate of drug-likeness (QED) is 0.808. The van der Waals surface area contributed by atoms with Gasteiger partial charge in [0.1, 0.15) is 0 Å². The topological polar surface area (TPSA) is 26.0 Å². The van der Waals surface area contributed by atoms with E-state index in [0.717, 1.165) is 33.5 Å². The fourth-order valence-electron chi connectivity index (χ4n) is 2.58. The standard InChI is InChI=1S/C15H13BrClN/c16-12-2-1-3-13(17)15(12)10-4-6-11-9(8-10)5-7-14(11)18/h1-4,6,8,14H,5,7,18H2. The molecule has 3 heteroatoms. The molecule has 2 aromatic carbocycles. The Kier molecular flexibility index (Phi) is 3.18. The van der Waals surface area contributed by atoms with E-state index in [2.05, 4.69) is 34.1 Å². The summed E-state index contributed by atoms with van der Waals surface area (Å²) in [5.41, 5.74) is 10.9. The van der Waals surface area contributed by atoms with Crippen LogP contribution in [0.15, 0.2) is 40.9 Å². The Morgan fingerprint density at radius 3 is 2.83 bits per heavy atom. The van der Waals surface area contributed by atoms with Crippen LogP contribution in [0.25, 0.3) is 11.1 Å². The highest BCUT2D eigenvalue weighted by Crippen LogP contribution is 2.38. The molecule has 0 saturated heterocycles. The van der Waals surface area contributed by atoms with E-state index in [1.807, 2.05) is 18.2 Å². The molecule has 1 aliphatic carbocycles. The molecule has 92 valence electrons. The largest absolute Gasteiger partial charge is 0.324 e. The van der Waals surface area contributed by atoms with Gasteiger partial charge in [0.2, 0.25) is 0 Å². The van der Waals surface area contributed by atoms with E-state index in [0.29, 0.717) is 0 Å².